The summed E-state index contributed by atoms with van der Waals surface area (Å²) in [5, 5.41) is 12.6. The first-order valence-corrected chi connectivity index (χ1v) is 7.67. The molecule has 0 saturated carbocycles. The zero-order chi connectivity index (χ0) is 14.7. The summed E-state index contributed by atoms with van der Waals surface area (Å²) >= 11 is 1.77. The summed E-state index contributed by atoms with van der Waals surface area (Å²) in [6.07, 6.45) is 1.02. The molecule has 2 heterocycles. The van der Waals surface area contributed by atoms with Gasteiger partial charge in [0, 0.05) is 18.0 Å². The van der Waals surface area contributed by atoms with Gasteiger partial charge in [0.1, 0.15) is 5.82 Å². The highest BCUT2D eigenvalue weighted by Gasteiger charge is 2.17. The van der Waals surface area contributed by atoms with Gasteiger partial charge in [-0.15, -0.1) is 16.4 Å². The molecule has 7 heteroatoms. The highest BCUT2D eigenvalue weighted by Crippen LogP contribution is 2.25. The third-order valence-electron chi connectivity index (χ3n) is 3.59. The lowest BCUT2D eigenvalue weighted by molar-refractivity contribution is 0.247. The van der Waals surface area contributed by atoms with E-state index in [2.05, 4.69) is 53.2 Å². The monoisotopic (exact) mass is 294 g/mol. The largest absolute Gasteiger partial charge is 0.298 e. The van der Waals surface area contributed by atoms with Crippen LogP contribution in [0.15, 0.2) is 0 Å². The van der Waals surface area contributed by atoms with Crippen LogP contribution in [0, 0.1) is 20.8 Å². The van der Waals surface area contributed by atoms with Crippen LogP contribution in [-0.4, -0.2) is 43.7 Å². The van der Waals surface area contributed by atoms with Crippen molar-refractivity contribution in [2.75, 3.05) is 13.6 Å². The second-order valence-corrected chi connectivity index (χ2v) is 6.54. The average molecular weight is 294 g/mol. The second kappa shape index (κ2) is 6.41. The molecule has 0 radical (unpaired) electrons. The van der Waals surface area contributed by atoms with E-state index in [4.69, 9.17) is 0 Å². The first-order valence-electron chi connectivity index (χ1n) is 6.86. The van der Waals surface area contributed by atoms with Crippen LogP contribution in [0.1, 0.15) is 40.8 Å². The number of nitrogens with zero attached hydrogens (tertiary/aromatic N) is 6. The lowest BCUT2D eigenvalue weighted by atomic mass is 10.2. The number of tetrazole rings is 1. The predicted octanol–water partition coefficient (Wildman–Crippen LogP) is 2.14. The standard InChI is InChI=1S/C13H22N6S/c1-9(13-10(2)20-12(4)14-13)18(5)7-6-8-19-11(3)15-16-17-19/h9H,6-8H2,1-5H3. The number of aryl methyl sites for hydroxylation is 4. The first kappa shape index (κ1) is 15.1. The summed E-state index contributed by atoms with van der Waals surface area (Å²) in [7, 11) is 2.14. The van der Waals surface area contributed by atoms with Gasteiger partial charge in [0.15, 0.2) is 0 Å². The zero-order valence-corrected chi connectivity index (χ0v) is 13.6. The van der Waals surface area contributed by atoms with Crippen LogP contribution in [0.3, 0.4) is 0 Å². The molecule has 0 aromatic carbocycles. The van der Waals surface area contributed by atoms with Gasteiger partial charge >= 0.3 is 0 Å². The maximum Gasteiger partial charge on any atom is 0.148 e. The van der Waals surface area contributed by atoms with E-state index < -0.39 is 0 Å². The molecular weight excluding hydrogens is 272 g/mol. The number of aromatic nitrogens is 5. The minimum absolute atomic E-state index is 0.343. The van der Waals surface area contributed by atoms with Crippen LogP contribution < -0.4 is 0 Å². The molecule has 0 bridgehead atoms. The fourth-order valence-electron chi connectivity index (χ4n) is 2.26. The van der Waals surface area contributed by atoms with Crippen LogP contribution in [-0.2, 0) is 6.54 Å². The van der Waals surface area contributed by atoms with E-state index in [1.165, 1.54) is 10.6 Å². The molecule has 0 aliphatic heterocycles. The average Bonchev–Trinajstić information content (AvgIpc) is 2.94. The molecule has 6 nitrogen and oxygen atoms in total. The van der Waals surface area contributed by atoms with Crippen molar-refractivity contribution in [1.29, 1.82) is 0 Å². The molecule has 0 saturated heterocycles. The topological polar surface area (TPSA) is 59.7 Å². The van der Waals surface area contributed by atoms with Crippen molar-refractivity contribution in [2.45, 2.75) is 46.7 Å². The zero-order valence-electron chi connectivity index (χ0n) is 12.8. The van der Waals surface area contributed by atoms with Gasteiger partial charge in [-0.05, 0) is 51.6 Å². The van der Waals surface area contributed by atoms with Gasteiger partial charge in [-0.3, -0.25) is 4.90 Å². The van der Waals surface area contributed by atoms with Gasteiger partial charge in [0.05, 0.1) is 16.7 Å². The van der Waals surface area contributed by atoms with Gasteiger partial charge in [-0.25, -0.2) is 9.67 Å². The van der Waals surface area contributed by atoms with Crippen molar-refractivity contribution >= 4 is 11.3 Å². The number of hydrogen-bond donors (Lipinski definition) is 0. The van der Waals surface area contributed by atoms with Crippen molar-refractivity contribution in [2.24, 2.45) is 0 Å². The van der Waals surface area contributed by atoms with Gasteiger partial charge in [-0.1, -0.05) is 0 Å². The summed E-state index contributed by atoms with van der Waals surface area (Å²) in [5.74, 6) is 0.867. The molecule has 0 aliphatic rings. The van der Waals surface area contributed by atoms with Gasteiger partial charge in [-0.2, -0.15) is 0 Å². The van der Waals surface area contributed by atoms with E-state index in [1.807, 2.05) is 11.6 Å². The van der Waals surface area contributed by atoms with Crippen LogP contribution in [0.5, 0.6) is 0 Å². The summed E-state index contributed by atoms with van der Waals surface area (Å²) in [4.78, 5) is 8.29. The molecule has 2 rings (SSSR count). The van der Waals surface area contributed by atoms with E-state index >= 15 is 0 Å². The molecule has 0 fully saturated rings. The molecule has 2 aromatic rings. The Hall–Kier alpha value is -1.34. The van der Waals surface area contributed by atoms with E-state index in [-0.39, 0.29) is 0 Å². The van der Waals surface area contributed by atoms with E-state index in [1.54, 1.807) is 11.3 Å². The fraction of sp³-hybridized carbons (Fsp3) is 0.692. The van der Waals surface area contributed by atoms with Crippen LogP contribution in [0.25, 0.3) is 0 Å². The Bertz CT molecular complexity index is 561. The van der Waals surface area contributed by atoms with Crippen molar-refractivity contribution in [3.05, 3.63) is 21.4 Å². The second-order valence-electron chi connectivity index (χ2n) is 5.13. The lowest BCUT2D eigenvalue weighted by Gasteiger charge is -2.23. The first-order chi connectivity index (χ1) is 9.49. The van der Waals surface area contributed by atoms with Crippen molar-refractivity contribution in [1.82, 2.24) is 30.1 Å². The highest BCUT2D eigenvalue weighted by atomic mass is 32.1. The number of hydrogen-bond acceptors (Lipinski definition) is 6. The Morgan fingerprint density at radius 1 is 1.30 bits per heavy atom. The molecule has 0 aliphatic carbocycles. The molecule has 1 unspecified atom stereocenters. The molecule has 0 spiro atoms. The predicted molar refractivity (Wildman–Crippen MR) is 79.8 cm³/mol. The van der Waals surface area contributed by atoms with Crippen LogP contribution in [0.4, 0.5) is 0 Å². The number of rotatable bonds is 6. The normalized spacial score (nSPS) is 13.1. The Morgan fingerprint density at radius 2 is 2.05 bits per heavy atom. The Balaban J connectivity index is 1.87. The van der Waals surface area contributed by atoms with E-state index in [9.17, 15) is 0 Å². The summed E-state index contributed by atoms with van der Waals surface area (Å²) in [6.45, 7) is 10.2. The molecule has 20 heavy (non-hydrogen) atoms. The van der Waals surface area contributed by atoms with Gasteiger partial charge < -0.3 is 0 Å². The molecule has 2 aromatic heterocycles. The Morgan fingerprint density at radius 3 is 2.60 bits per heavy atom. The fourth-order valence-corrected chi connectivity index (χ4v) is 3.17. The Kier molecular flexibility index (Phi) is 4.82. The minimum Gasteiger partial charge on any atom is -0.298 e. The van der Waals surface area contributed by atoms with Crippen molar-refractivity contribution in [3.63, 3.8) is 0 Å². The van der Waals surface area contributed by atoms with Crippen LogP contribution >= 0.6 is 11.3 Å². The quantitative estimate of drug-likeness (QED) is 0.817. The third kappa shape index (κ3) is 3.40. The maximum absolute atomic E-state index is 4.64. The van der Waals surface area contributed by atoms with Crippen molar-refractivity contribution in [3.8, 4) is 0 Å². The molecule has 110 valence electrons. The molecule has 0 N–H and O–H groups in total. The lowest BCUT2D eigenvalue weighted by Crippen LogP contribution is -2.25. The van der Waals surface area contributed by atoms with Crippen LogP contribution in [0.2, 0.25) is 0 Å². The Labute approximate surface area is 123 Å². The highest BCUT2D eigenvalue weighted by molar-refractivity contribution is 7.11. The third-order valence-corrected chi connectivity index (χ3v) is 4.49. The van der Waals surface area contributed by atoms with Gasteiger partial charge in [0.25, 0.3) is 0 Å². The van der Waals surface area contributed by atoms with Crippen molar-refractivity contribution < 1.29 is 0 Å². The smallest absolute Gasteiger partial charge is 0.148 e. The molecule has 0 amide bonds. The maximum atomic E-state index is 4.64. The van der Waals surface area contributed by atoms with Gasteiger partial charge in [0.2, 0.25) is 0 Å². The molecular formula is C13H22N6S. The SMILES string of the molecule is Cc1nc(C(C)N(C)CCCn2nnnc2C)c(C)s1. The minimum atomic E-state index is 0.343. The summed E-state index contributed by atoms with van der Waals surface area (Å²) in [6, 6.07) is 0.343. The summed E-state index contributed by atoms with van der Waals surface area (Å²) in [5.41, 5.74) is 1.20. The molecule has 1 atom stereocenters. The number of thiazole rings is 1. The summed E-state index contributed by atoms with van der Waals surface area (Å²) < 4.78 is 1.84. The van der Waals surface area contributed by atoms with E-state index in [0.717, 1.165) is 30.3 Å². The van der Waals surface area contributed by atoms with E-state index in [0.29, 0.717) is 6.04 Å².